The summed E-state index contributed by atoms with van der Waals surface area (Å²) in [5.41, 5.74) is -2.96. The van der Waals surface area contributed by atoms with Crippen LogP contribution in [0.15, 0.2) is 0 Å². The molecule has 41 heavy (non-hydrogen) atoms. The number of aliphatic carboxylic acids is 1. The van der Waals surface area contributed by atoms with Crippen LogP contribution in [-0.4, -0.2) is 95.9 Å². The number of ether oxygens (including phenoxy) is 4. The molecule has 2 fully saturated rings. The molecule has 2 heterocycles. The van der Waals surface area contributed by atoms with E-state index in [1.807, 2.05) is 27.7 Å². The Kier molecular flexibility index (Phi) is 12.8. The number of carbonyl (C=O) groups is 3. The van der Waals surface area contributed by atoms with E-state index in [2.05, 4.69) is 17.7 Å². The maximum atomic E-state index is 14.1. The molecular formula is C31H51NO9. The molecule has 0 saturated carbocycles. The predicted molar refractivity (Wildman–Crippen MR) is 153 cm³/mol. The number of nitrogens with zero attached hydrogens (tertiary/aromatic N) is 1. The number of carboxylic acids is 1. The summed E-state index contributed by atoms with van der Waals surface area (Å²) < 4.78 is 24.2. The molecule has 2 aliphatic rings. The largest absolute Gasteiger partial charge is 0.481 e. The van der Waals surface area contributed by atoms with Gasteiger partial charge in [-0.1, -0.05) is 33.6 Å². The first-order chi connectivity index (χ1) is 19.1. The Labute approximate surface area is 245 Å². The van der Waals surface area contributed by atoms with E-state index in [0.717, 1.165) is 6.42 Å². The zero-order valence-electron chi connectivity index (χ0n) is 26.1. The third-order valence-corrected chi connectivity index (χ3v) is 8.76. The monoisotopic (exact) mass is 581 g/mol. The van der Waals surface area contributed by atoms with Gasteiger partial charge in [0.1, 0.15) is 12.7 Å². The number of carboxylic acid groups (broad SMARTS) is 1. The lowest BCUT2D eigenvalue weighted by molar-refractivity contribution is -0.295. The molecular weight excluding hydrogens is 530 g/mol. The second-order valence-electron chi connectivity index (χ2n) is 12.5. The molecule has 10 heteroatoms. The van der Waals surface area contributed by atoms with Gasteiger partial charge in [0.2, 0.25) is 0 Å². The second kappa shape index (κ2) is 14.9. The molecule has 0 unspecified atom stereocenters. The van der Waals surface area contributed by atoms with Crippen molar-refractivity contribution in [2.45, 2.75) is 117 Å². The number of terminal acetylenes is 1. The summed E-state index contributed by atoms with van der Waals surface area (Å²) in [7, 11) is 1.55. The van der Waals surface area contributed by atoms with E-state index in [4.69, 9.17) is 25.4 Å². The van der Waals surface area contributed by atoms with Crippen LogP contribution in [0.3, 0.4) is 0 Å². The Morgan fingerprint density at radius 3 is 2.44 bits per heavy atom. The molecule has 0 aromatic rings. The van der Waals surface area contributed by atoms with E-state index in [0.29, 0.717) is 25.9 Å². The minimum absolute atomic E-state index is 0.0118. The predicted octanol–water partition coefficient (Wildman–Crippen LogP) is 3.28. The van der Waals surface area contributed by atoms with Crippen molar-refractivity contribution in [3.63, 3.8) is 0 Å². The highest BCUT2D eigenvalue weighted by atomic mass is 16.7. The Hall–Kier alpha value is -2.03. The molecule has 0 radical (unpaired) electrons. The van der Waals surface area contributed by atoms with Gasteiger partial charge in [0.15, 0.2) is 17.5 Å². The number of rotatable bonds is 8. The number of cyclic esters (lactones) is 1. The van der Waals surface area contributed by atoms with E-state index in [1.165, 1.54) is 6.92 Å². The zero-order valence-corrected chi connectivity index (χ0v) is 26.1. The SMILES string of the molecule is C#C[C@]1(C)C(=O)OC[C@@H](CCC(=O)O)N(CCC)C[C@H](C)C[C@@](C)(OC)[C@H](O[C@@H]2O[C@H](C)C[C@H](C)[C@H]2O)[C@@H](C)C1=O. The van der Waals surface area contributed by atoms with Crippen LogP contribution in [0.4, 0.5) is 0 Å². The molecule has 0 amide bonds. The highest BCUT2D eigenvalue weighted by molar-refractivity contribution is 6.07. The van der Waals surface area contributed by atoms with Gasteiger partial charge in [-0.15, -0.1) is 6.42 Å². The summed E-state index contributed by atoms with van der Waals surface area (Å²) in [6, 6.07) is -0.373. The average molecular weight is 582 g/mol. The number of hydrogen-bond donors (Lipinski definition) is 2. The number of esters is 1. The fourth-order valence-electron chi connectivity index (χ4n) is 6.33. The van der Waals surface area contributed by atoms with Crippen molar-refractivity contribution in [2.24, 2.45) is 23.2 Å². The van der Waals surface area contributed by atoms with Crippen molar-refractivity contribution in [1.29, 1.82) is 0 Å². The average Bonchev–Trinajstić information content (AvgIpc) is 2.91. The quantitative estimate of drug-likeness (QED) is 0.250. The number of hydrogen-bond acceptors (Lipinski definition) is 9. The summed E-state index contributed by atoms with van der Waals surface area (Å²) in [6.45, 7) is 13.9. The fourth-order valence-corrected chi connectivity index (χ4v) is 6.33. The lowest BCUT2D eigenvalue weighted by Crippen LogP contribution is -2.57. The Morgan fingerprint density at radius 1 is 1.22 bits per heavy atom. The van der Waals surface area contributed by atoms with Crippen molar-refractivity contribution >= 4 is 17.7 Å². The van der Waals surface area contributed by atoms with Crippen LogP contribution < -0.4 is 0 Å². The first-order valence-electron chi connectivity index (χ1n) is 14.8. The maximum Gasteiger partial charge on any atom is 0.331 e. The molecule has 2 saturated heterocycles. The molecule has 234 valence electrons. The van der Waals surface area contributed by atoms with E-state index >= 15 is 0 Å². The van der Waals surface area contributed by atoms with Crippen LogP contribution in [0, 0.1) is 35.5 Å². The minimum atomic E-state index is -1.92. The highest BCUT2D eigenvalue weighted by Crippen LogP contribution is 2.38. The molecule has 2 N–H and O–H groups in total. The first-order valence-corrected chi connectivity index (χ1v) is 14.8. The number of aliphatic hydroxyl groups is 1. The van der Waals surface area contributed by atoms with Gasteiger partial charge in [-0.3, -0.25) is 14.5 Å². The highest BCUT2D eigenvalue weighted by Gasteiger charge is 2.52. The fraction of sp³-hybridized carbons (Fsp3) is 0.839. The molecule has 2 rings (SSSR count). The van der Waals surface area contributed by atoms with Gasteiger partial charge in [0, 0.05) is 32.0 Å². The van der Waals surface area contributed by atoms with Crippen LogP contribution in [0.25, 0.3) is 0 Å². The lowest BCUT2D eigenvalue weighted by atomic mass is 9.73. The number of methoxy groups -OCH3 is 1. The summed E-state index contributed by atoms with van der Waals surface area (Å²) in [4.78, 5) is 41.1. The summed E-state index contributed by atoms with van der Waals surface area (Å²) in [6.07, 6.45) is 4.91. The molecule has 0 aromatic carbocycles. The van der Waals surface area contributed by atoms with Gasteiger partial charge in [-0.2, -0.15) is 0 Å². The van der Waals surface area contributed by atoms with Crippen molar-refractivity contribution in [3.05, 3.63) is 0 Å². The summed E-state index contributed by atoms with van der Waals surface area (Å²) >= 11 is 0. The third-order valence-electron chi connectivity index (χ3n) is 8.76. The van der Waals surface area contributed by atoms with Crippen LogP contribution in [0.5, 0.6) is 0 Å². The number of ketones is 1. The van der Waals surface area contributed by atoms with Crippen LogP contribution >= 0.6 is 0 Å². The number of aliphatic hydroxyl groups excluding tert-OH is 1. The third kappa shape index (κ3) is 8.51. The lowest BCUT2D eigenvalue weighted by Gasteiger charge is -2.46. The van der Waals surface area contributed by atoms with E-state index in [-0.39, 0.29) is 43.4 Å². The van der Waals surface area contributed by atoms with Gasteiger partial charge in [-0.05, 0) is 64.8 Å². The van der Waals surface area contributed by atoms with Gasteiger partial charge in [-0.25, -0.2) is 4.79 Å². The molecule has 0 bridgehead atoms. The number of carbonyl (C=O) groups excluding carboxylic acids is 2. The second-order valence-corrected chi connectivity index (χ2v) is 12.5. The van der Waals surface area contributed by atoms with Crippen molar-refractivity contribution in [2.75, 3.05) is 26.8 Å². The maximum absolute atomic E-state index is 14.1. The Balaban J connectivity index is 2.60. The molecule has 10 atom stereocenters. The topological polar surface area (TPSA) is 132 Å². The minimum Gasteiger partial charge on any atom is -0.481 e. The number of Topliss-reactive ketones (excluding diaryl/α,β-unsaturated/α-hetero) is 1. The molecule has 10 nitrogen and oxygen atoms in total. The summed E-state index contributed by atoms with van der Waals surface area (Å²) in [5, 5.41) is 20.3. The van der Waals surface area contributed by atoms with Crippen molar-refractivity contribution in [1.82, 2.24) is 4.90 Å². The van der Waals surface area contributed by atoms with Gasteiger partial charge in [0.25, 0.3) is 0 Å². The van der Waals surface area contributed by atoms with Crippen LogP contribution in [0.2, 0.25) is 0 Å². The molecule has 0 aromatic heterocycles. The van der Waals surface area contributed by atoms with E-state index in [1.54, 1.807) is 14.0 Å². The van der Waals surface area contributed by atoms with Crippen molar-refractivity contribution < 1.29 is 43.5 Å². The van der Waals surface area contributed by atoms with Crippen LogP contribution in [-0.2, 0) is 33.3 Å². The molecule has 2 aliphatic heterocycles. The standard InChI is InChI=1S/C31H51NO9/c1-10-14-32-17-19(3)16-31(8,38-9)27(41-28-25(35)20(4)15-21(5)40-28)22(6)26(36)30(7,11-2)29(37)39-18-23(32)12-13-24(33)34/h2,19-23,25,27-28,35H,10,12-18H2,1,3-9H3,(H,33,34)/t19-,20+,21-,22+,23-,25-,27-,28+,30+,31-/m1/s1. The van der Waals surface area contributed by atoms with E-state index < -0.39 is 53.2 Å². The Morgan fingerprint density at radius 2 is 1.88 bits per heavy atom. The normalized spacial score (nSPS) is 40.0. The first kappa shape index (κ1) is 35.2. The van der Waals surface area contributed by atoms with Crippen LogP contribution in [0.1, 0.15) is 80.6 Å². The zero-order chi connectivity index (χ0) is 31.1. The van der Waals surface area contributed by atoms with Gasteiger partial charge >= 0.3 is 11.9 Å². The van der Waals surface area contributed by atoms with Gasteiger partial charge in [0.05, 0.1) is 17.8 Å². The summed E-state index contributed by atoms with van der Waals surface area (Å²) in [5.74, 6) is -1.01. The Bertz CT molecular complexity index is 950. The smallest absolute Gasteiger partial charge is 0.331 e. The van der Waals surface area contributed by atoms with E-state index in [9.17, 15) is 24.6 Å². The van der Waals surface area contributed by atoms with Crippen molar-refractivity contribution in [3.8, 4) is 12.3 Å². The molecule has 0 spiro atoms. The molecule has 0 aliphatic carbocycles. The van der Waals surface area contributed by atoms with Gasteiger partial charge < -0.3 is 29.2 Å².